The van der Waals surface area contributed by atoms with Gasteiger partial charge in [-0.3, -0.25) is 4.79 Å². The number of aryl methyl sites for hydroxylation is 1. The number of likely N-dealkylation sites (N-methyl/N-ethyl adjacent to an activating group) is 1. The molecule has 5 heteroatoms. The van der Waals surface area contributed by atoms with Crippen LogP contribution in [0.4, 0.5) is 5.82 Å². The SMILES string of the molecule is Cc1nc(N(CCN(C)C)CC(C)C)cc(=O)[nH]1. The van der Waals surface area contributed by atoms with E-state index in [4.69, 9.17) is 0 Å². The Morgan fingerprint density at radius 3 is 2.50 bits per heavy atom. The van der Waals surface area contributed by atoms with Gasteiger partial charge in [-0.25, -0.2) is 4.98 Å². The largest absolute Gasteiger partial charge is 0.355 e. The highest BCUT2D eigenvalue weighted by Gasteiger charge is 2.11. The van der Waals surface area contributed by atoms with Crippen LogP contribution in [0.25, 0.3) is 0 Å². The number of aromatic nitrogens is 2. The van der Waals surface area contributed by atoms with Gasteiger partial charge in [-0.2, -0.15) is 0 Å². The van der Waals surface area contributed by atoms with Crippen molar-refractivity contribution in [2.45, 2.75) is 20.8 Å². The van der Waals surface area contributed by atoms with Crippen LogP contribution >= 0.6 is 0 Å². The zero-order chi connectivity index (χ0) is 13.7. The van der Waals surface area contributed by atoms with Gasteiger partial charge < -0.3 is 14.8 Å². The van der Waals surface area contributed by atoms with E-state index >= 15 is 0 Å². The lowest BCUT2D eigenvalue weighted by atomic mass is 10.2. The van der Waals surface area contributed by atoms with Gasteiger partial charge in [0.05, 0.1) is 0 Å². The number of aromatic amines is 1. The molecule has 0 spiro atoms. The third-order valence-corrected chi connectivity index (χ3v) is 2.57. The fourth-order valence-corrected chi connectivity index (χ4v) is 1.79. The summed E-state index contributed by atoms with van der Waals surface area (Å²) in [6.07, 6.45) is 0. The van der Waals surface area contributed by atoms with E-state index in [0.717, 1.165) is 25.5 Å². The molecule has 0 amide bonds. The van der Waals surface area contributed by atoms with Gasteiger partial charge in [0, 0.05) is 25.7 Å². The molecule has 18 heavy (non-hydrogen) atoms. The van der Waals surface area contributed by atoms with Crippen LogP contribution in [0.2, 0.25) is 0 Å². The Labute approximate surface area is 109 Å². The highest BCUT2D eigenvalue weighted by Crippen LogP contribution is 2.10. The van der Waals surface area contributed by atoms with E-state index in [1.165, 1.54) is 0 Å². The minimum absolute atomic E-state index is 0.0869. The quantitative estimate of drug-likeness (QED) is 0.824. The topological polar surface area (TPSA) is 52.2 Å². The molecule has 0 aromatic carbocycles. The lowest BCUT2D eigenvalue weighted by molar-refractivity contribution is 0.408. The van der Waals surface area contributed by atoms with Gasteiger partial charge in [-0.05, 0) is 26.9 Å². The summed E-state index contributed by atoms with van der Waals surface area (Å²) in [5.41, 5.74) is -0.0869. The average Bonchev–Trinajstić information content (AvgIpc) is 2.22. The van der Waals surface area contributed by atoms with E-state index < -0.39 is 0 Å². The Bertz CT molecular complexity index is 425. The second-order valence-electron chi connectivity index (χ2n) is 5.33. The van der Waals surface area contributed by atoms with Crippen LogP contribution in [-0.4, -0.2) is 48.6 Å². The molecule has 1 heterocycles. The monoisotopic (exact) mass is 252 g/mol. The number of hydrogen-bond acceptors (Lipinski definition) is 4. The molecule has 0 fully saturated rings. The Kier molecular flexibility index (Phi) is 5.34. The van der Waals surface area contributed by atoms with Crippen molar-refractivity contribution in [1.29, 1.82) is 0 Å². The zero-order valence-corrected chi connectivity index (χ0v) is 12.0. The molecule has 0 aliphatic rings. The molecule has 5 nitrogen and oxygen atoms in total. The summed E-state index contributed by atoms with van der Waals surface area (Å²) in [6.45, 7) is 8.88. The molecule has 0 saturated heterocycles. The van der Waals surface area contributed by atoms with E-state index in [9.17, 15) is 4.79 Å². The molecule has 0 saturated carbocycles. The van der Waals surface area contributed by atoms with Crippen LogP contribution < -0.4 is 10.5 Å². The zero-order valence-electron chi connectivity index (χ0n) is 12.0. The average molecular weight is 252 g/mol. The van der Waals surface area contributed by atoms with Gasteiger partial charge in [-0.1, -0.05) is 13.8 Å². The predicted octanol–water partition coefficient (Wildman–Crippen LogP) is 1.10. The van der Waals surface area contributed by atoms with Crippen LogP contribution in [0.15, 0.2) is 10.9 Å². The Balaban J connectivity index is 2.89. The molecule has 0 atom stereocenters. The number of H-pyrrole nitrogens is 1. The summed E-state index contributed by atoms with van der Waals surface area (Å²) in [4.78, 5) is 22.9. The van der Waals surface area contributed by atoms with E-state index in [1.54, 1.807) is 6.07 Å². The van der Waals surface area contributed by atoms with Crippen LogP contribution in [0, 0.1) is 12.8 Å². The Morgan fingerprint density at radius 1 is 1.33 bits per heavy atom. The molecule has 1 aromatic rings. The molecule has 1 aromatic heterocycles. The maximum Gasteiger partial charge on any atom is 0.252 e. The van der Waals surface area contributed by atoms with Gasteiger partial charge in [0.15, 0.2) is 0 Å². The molecule has 1 N–H and O–H groups in total. The van der Waals surface area contributed by atoms with Crippen molar-refractivity contribution >= 4 is 5.82 Å². The molecular formula is C13H24N4O. The minimum Gasteiger partial charge on any atom is -0.355 e. The summed E-state index contributed by atoms with van der Waals surface area (Å²) < 4.78 is 0. The molecule has 0 unspecified atom stereocenters. The number of hydrogen-bond donors (Lipinski definition) is 1. The molecule has 0 aliphatic carbocycles. The molecule has 0 bridgehead atoms. The van der Waals surface area contributed by atoms with E-state index in [2.05, 4.69) is 33.6 Å². The summed E-state index contributed by atoms with van der Waals surface area (Å²) in [7, 11) is 4.09. The summed E-state index contributed by atoms with van der Waals surface area (Å²) in [5.74, 6) is 1.97. The van der Waals surface area contributed by atoms with Gasteiger partial charge >= 0.3 is 0 Å². The van der Waals surface area contributed by atoms with Crippen molar-refractivity contribution in [2.24, 2.45) is 5.92 Å². The highest BCUT2D eigenvalue weighted by molar-refractivity contribution is 5.37. The third-order valence-electron chi connectivity index (χ3n) is 2.57. The van der Waals surface area contributed by atoms with Crippen molar-refractivity contribution in [3.63, 3.8) is 0 Å². The standard InChI is InChI=1S/C13H24N4O/c1-10(2)9-17(7-6-16(4)5)12-8-13(18)15-11(3)14-12/h8,10H,6-7,9H2,1-5H3,(H,14,15,18). The van der Waals surface area contributed by atoms with Crippen LogP contribution in [0.1, 0.15) is 19.7 Å². The van der Waals surface area contributed by atoms with Crippen LogP contribution in [0.3, 0.4) is 0 Å². The van der Waals surface area contributed by atoms with Crippen molar-refractivity contribution in [2.75, 3.05) is 38.6 Å². The first-order chi connectivity index (χ1) is 8.38. The van der Waals surface area contributed by atoms with E-state index in [0.29, 0.717) is 11.7 Å². The van der Waals surface area contributed by atoms with Crippen molar-refractivity contribution in [3.05, 3.63) is 22.2 Å². The van der Waals surface area contributed by atoms with Crippen LogP contribution in [0.5, 0.6) is 0 Å². The molecule has 102 valence electrons. The Hall–Kier alpha value is -1.36. The minimum atomic E-state index is -0.0869. The molecule has 0 radical (unpaired) electrons. The molecule has 0 aliphatic heterocycles. The van der Waals surface area contributed by atoms with Gasteiger partial charge in [0.1, 0.15) is 11.6 Å². The second kappa shape index (κ2) is 6.54. The smallest absolute Gasteiger partial charge is 0.252 e. The summed E-state index contributed by atoms with van der Waals surface area (Å²) >= 11 is 0. The van der Waals surface area contributed by atoms with Crippen molar-refractivity contribution in [1.82, 2.24) is 14.9 Å². The fraction of sp³-hybridized carbons (Fsp3) is 0.692. The maximum absolute atomic E-state index is 11.5. The molecule has 1 rings (SSSR count). The lowest BCUT2D eigenvalue weighted by Gasteiger charge is -2.27. The summed E-state index contributed by atoms with van der Waals surface area (Å²) in [5, 5.41) is 0. The second-order valence-corrected chi connectivity index (χ2v) is 5.33. The number of nitrogens with one attached hydrogen (secondary N) is 1. The molecular weight excluding hydrogens is 228 g/mol. The van der Waals surface area contributed by atoms with Gasteiger partial charge in [-0.15, -0.1) is 0 Å². The first-order valence-electron chi connectivity index (χ1n) is 6.36. The fourth-order valence-electron chi connectivity index (χ4n) is 1.79. The lowest BCUT2D eigenvalue weighted by Crippen LogP contribution is -2.35. The van der Waals surface area contributed by atoms with Crippen molar-refractivity contribution in [3.8, 4) is 0 Å². The Morgan fingerprint density at radius 2 is 2.00 bits per heavy atom. The van der Waals surface area contributed by atoms with E-state index in [-0.39, 0.29) is 5.56 Å². The summed E-state index contributed by atoms with van der Waals surface area (Å²) in [6, 6.07) is 1.57. The van der Waals surface area contributed by atoms with Gasteiger partial charge in [0.25, 0.3) is 5.56 Å². The maximum atomic E-state index is 11.5. The van der Waals surface area contributed by atoms with Gasteiger partial charge in [0.2, 0.25) is 0 Å². The third kappa shape index (κ3) is 4.87. The van der Waals surface area contributed by atoms with E-state index in [1.807, 2.05) is 21.0 Å². The first-order valence-corrected chi connectivity index (χ1v) is 6.36. The number of rotatable bonds is 6. The first kappa shape index (κ1) is 14.7. The predicted molar refractivity (Wildman–Crippen MR) is 75.2 cm³/mol. The normalized spacial score (nSPS) is 11.3. The number of anilines is 1. The highest BCUT2D eigenvalue weighted by atomic mass is 16.1. The number of nitrogens with zero attached hydrogens (tertiary/aromatic N) is 3. The van der Waals surface area contributed by atoms with Crippen molar-refractivity contribution < 1.29 is 0 Å². The van der Waals surface area contributed by atoms with Crippen LogP contribution in [-0.2, 0) is 0 Å².